The minimum atomic E-state index is -0.280. The number of aromatic hydroxyl groups is 1. The average molecular weight is 639 g/mol. The van der Waals surface area contributed by atoms with Crippen molar-refractivity contribution in [1.82, 2.24) is 10.2 Å². The highest BCUT2D eigenvalue weighted by atomic mass is 127. The molecule has 1 heterocycles. The number of ether oxygens (including phenoxy) is 1. The number of benzene rings is 3. The Morgan fingerprint density at radius 2 is 1.78 bits per heavy atom. The zero-order chi connectivity index (χ0) is 25.5. The van der Waals surface area contributed by atoms with Gasteiger partial charge < -0.3 is 15.2 Å². The molecule has 0 aliphatic carbocycles. The smallest absolute Gasteiger partial charge is 0.255 e. The van der Waals surface area contributed by atoms with Crippen molar-refractivity contribution in [2.45, 2.75) is 31.9 Å². The Labute approximate surface area is 235 Å². The van der Waals surface area contributed by atoms with Crippen LogP contribution >= 0.6 is 45.8 Å². The Morgan fingerprint density at radius 1 is 1.06 bits per heavy atom. The third kappa shape index (κ3) is 7.51. The number of phenolic OH excluding ortho intramolecular Hbond substituents is 1. The molecule has 3 aromatic rings. The summed E-state index contributed by atoms with van der Waals surface area (Å²) >= 11 is 14.5. The number of hydrogen-bond acceptors (Lipinski definition) is 4. The zero-order valence-corrected chi connectivity index (χ0v) is 23.5. The van der Waals surface area contributed by atoms with Gasteiger partial charge in [0.25, 0.3) is 5.91 Å². The molecule has 190 valence electrons. The lowest BCUT2D eigenvalue weighted by molar-refractivity contribution is 0.0676. The van der Waals surface area contributed by atoms with Crippen molar-refractivity contribution in [2.24, 2.45) is 5.92 Å². The minimum Gasteiger partial charge on any atom is -0.507 e. The van der Waals surface area contributed by atoms with Crippen molar-refractivity contribution < 1.29 is 14.6 Å². The van der Waals surface area contributed by atoms with E-state index in [0.717, 1.165) is 47.4 Å². The van der Waals surface area contributed by atoms with E-state index in [2.05, 4.69) is 32.8 Å². The molecule has 5 nitrogen and oxygen atoms in total. The summed E-state index contributed by atoms with van der Waals surface area (Å²) in [5.74, 6) is 0.913. The number of piperidine rings is 1. The predicted octanol–water partition coefficient (Wildman–Crippen LogP) is 6.78. The first-order valence-electron chi connectivity index (χ1n) is 12.0. The van der Waals surface area contributed by atoms with Gasteiger partial charge in [-0.3, -0.25) is 9.69 Å². The molecule has 1 aliphatic heterocycles. The third-order valence-corrected chi connectivity index (χ3v) is 7.97. The average Bonchev–Trinajstić information content (AvgIpc) is 2.87. The summed E-state index contributed by atoms with van der Waals surface area (Å²) in [6, 6.07) is 20.4. The summed E-state index contributed by atoms with van der Waals surface area (Å²) in [5, 5.41) is 14.1. The van der Waals surface area contributed by atoms with Crippen LogP contribution in [0.3, 0.4) is 0 Å². The number of rotatable bonds is 9. The number of para-hydroxylation sites is 1. The van der Waals surface area contributed by atoms with Gasteiger partial charge >= 0.3 is 0 Å². The van der Waals surface area contributed by atoms with Crippen LogP contribution in [0.15, 0.2) is 66.7 Å². The molecule has 0 radical (unpaired) electrons. The maximum Gasteiger partial charge on any atom is 0.255 e. The van der Waals surface area contributed by atoms with Gasteiger partial charge in [-0.05, 0) is 109 Å². The predicted molar refractivity (Wildman–Crippen MR) is 153 cm³/mol. The van der Waals surface area contributed by atoms with Crippen molar-refractivity contribution in [3.63, 3.8) is 0 Å². The molecule has 1 saturated heterocycles. The molecule has 1 fully saturated rings. The van der Waals surface area contributed by atoms with Crippen molar-refractivity contribution >= 4 is 51.7 Å². The van der Waals surface area contributed by atoms with Crippen LogP contribution in [0.4, 0.5) is 0 Å². The molecule has 36 heavy (non-hydrogen) atoms. The Balaban J connectivity index is 1.36. The van der Waals surface area contributed by atoms with Gasteiger partial charge in [-0.2, -0.15) is 0 Å². The molecule has 3 aromatic carbocycles. The highest BCUT2D eigenvalue weighted by molar-refractivity contribution is 14.1. The second kappa shape index (κ2) is 13.0. The van der Waals surface area contributed by atoms with E-state index >= 15 is 0 Å². The van der Waals surface area contributed by atoms with E-state index in [1.54, 1.807) is 18.2 Å². The van der Waals surface area contributed by atoms with E-state index in [0.29, 0.717) is 28.9 Å². The summed E-state index contributed by atoms with van der Waals surface area (Å²) in [7, 11) is 0. The van der Waals surface area contributed by atoms with E-state index in [4.69, 9.17) is 27.9 Å². The standard InChI is InChI=1S/C28H29Cl2IN2O3/c29-24-10-5-19(17-25(24)30)18-33-15-12-20(13-16-33)27(36-22-8-6-21(31)7-9-22)11-14-32-28(35)23-3-1-2-4-26(23)34/h1-10,17,20,27,34H,11-16,18H2,(H,32,35). The van der Waals surface area contributed by atoms with Gasteiger partial charge in [0.1, 0.15) is 17.6 Å². The summed E-state index contributed by atoms with van der Waals surface area (Å²) in [6.45, 7) is 3.22. The fraction of sp³-hybridized carbons (Fsp3) is 0.321. The van der Waals surface area contributed by atoms with Crippen LogP contribution in [0.1, 0.15) is 35.2 Å². The monoisotopic (exact) mass is 638 g/mol. The molecular formula is C28H29Cl2IN2O3. The maximum atomic E-state index is 12.5. The van der Waals surface area contributed by atoms with Crippen molar-refractivity contribution in [1.29, 1.82) is 0 Å². The van der Waals surface area contributed by atoms with Crippen LogP contribution in [-0.2, 0) is 6.54 Å². The molecule has 4 rings (SSSR count). The van der Waals surface area contributed by atoms with Crippen LogP contribution in [-0.4, -0.2) is 41.7 Å². The third-order valence-electron chi connectivity index (χ3n) is 6.51. The van der Waals surface area contributed by atoms with E-state index in [1.807, 2.05) is 42.5 Å². The first kappa shape index (κ1) is 27.0. The lowest BCUT2D eigenvalue weighted by Crippen LogP contribution is -2.40. The molecule has 8 heteroatoms. The van der Waals surface area contributed by atoms with Gasteiger partial charge in [0.15, 0.2) is 0 Å². The van der Waals surface area contributed by atoms with E-state index < -0.39 is 0 Å². The van der Waals surface area contributed by atoms with Crippen LogP contribution in [0.2, 0.25) is 10.0 Å². The molecular weight excluding hydrogens is 610 g/mol. The molecule has 1 atom stereocenters. The number of nitrogens with zero attached hydrogens (tertiary/aromatic N) is 1. The van der Waals surface area contributed by atoms with Gasteiger partial charge in [-0.25, -0.2) is 0 Å². The fourth-order valence-corrected chi connectivity index (χ4v) is 5.23. The SMILES string of the molecule is O=C(NCCC(Oc1ccc(I)cc1)C1CCN(Cc2ccc(Cl)c(Cl)c2)CC1)c1ccccc1O. The van der Waals surface area contributed by atoms with E-state index in [9.17, 15) is 9.90 Å². The second-order valence-electron chi connectivity index (χ2n) is 9.03. The topological polar surface area (TPSA) is 61.8 Å². The van der Waals surface area contributed by atoms with Crippen molar-refractivity contribution in [3.05, 3.63) is 91.5 Å². The van der Waals surface area contributed by atoms with Gasteiger partial charge in [-0.1, -0.05) is 41.4 Å². The largest absolute Gasteiger partial charge is 0.507 e. The number of nitrogens with one attached hydrogen (secondary N) is 1. The molecule has 2 N–H and O–H groups in total. The first-order valence-corrected chi connectivity index (χ1v) is 13.9. The molecule has 0 saturated carbocycles. The molecule has 1 aliphatic rings. The summed E-state index contributed by atoms with van der Waals surface area (Å²) in [5.41, 5.74) is 1.43. The van der Waals surface area contributed by atoms with Crippen molar-refractivity contribution in [3.8, 4) is 11.5 Å². The van der Waals surface area contributed by atoms with Gasteiger partial charge in [0, 0.05) is 23.1 Å². The summed E-state index contributed by atoms with van der Waals surface area (Å²) in [4.78, 5) is 15.0. The van der Waals surface area contributed by atoms with Crippen LogP contribution < -0.4 is 10.1 Å². The Morgan fingerprint density at radius 3 is 2.47 bits per heavy atom. The Hall–Kier alpha value is -2.00. The number of amides is 1. The lowest BCUT2D eigenvalue weighted by Gasteiger charge is -2.36. The number of likely N-dealkylation sites (tertiary alicyclic amines) is 1. The first-order chi connectivity index (χ1) is 17.4. The van der Waals surface area contributed by atoms with Gasteiger partial charge in [0.05, 0.1) is 15.6 Å². The Bertz CT molecular complexity index is 1170. The molecule has 1 amide bonds. The maximum absolute atomic E-state index is 12.5. The number of hydrogen-bond donors (Lipinski definition) is 2. The zero-order valence-electron chi connectivity index (χ0n) is 19.8. The van der Waals surface area contributed by atoms with Gasteiger partial charge in [-0.15, -0.1) is 0 Å². The molecule has 0 aromatic heterocycles. The molecule has 1 unspecified atom stereocenters. The highest BCUT2D eigenvalue weighted by Gasteiger charge is 2.28. The van der Waals surface area contributed by atoms with Crippen LogP contribution in [0, 0.1) is 9.49 Å². The fourth-order valence-electron chi connectivity index (χ4n) is 4.55. The van der Waals surface area contributed by atoms with Crippen LogP contribution in [0.25, 0.3) is 0 Å². The number of carbonyl (C=O) groups is 1. The van der Waals surface area contributed by atoms with Gasteiger partial charge in [0.2, 0.25) is 0 Å². The van der Waals surface area contributed by atoms with E-state index in [1.165, 1.54) is 6.07 Å². The minimum absolute atomic E-state index is 0.0176. The molecule has 0 spiro atoms. The number of halogens is 3. The quantitative estimate of drug-likeness (QED) is 0.254. The molecule has 0 bridgehead atoms. The number of carbonyl (C=O) groups excluding carboxylic acids is 1. The Kier molecular flexibility index (Phi) is 9.76. The highest BCUT2D eigenvalue weighted by Crippen LogP contribution is 2.29. The van der Waals surface area contributed by atoms with Crippen LogP contribution in [0.5, 0.6) is 11.5 Å². The summed E-state index contributed by atoms with van der Waals surface area (Å²) in [6.07, 6.45) is 2.66. The summed E-state index contributed by atoms with van der Waals surface area (Å²) < 4.78 is 7.60. The second-order valence-corrected chi connectivity index (χ2v) is 11.1. The number of phenols is 1. The van der Waals surface area contributed by atoms with E-state index in [-0.39, 0.29) is 23.3 Å². The normalized spacial score (nSPS) is 15.4. The van der Waals surface area contributed by atoms with Crippen molar-refractivity contribution in [2.75, 3.05) is 19.6 Å². The lowest BCUT2D eigenvalue weighted by atomic mass is 9.89.